The number of aliphatic imine (C=N–C) groups is 1. The Hall–Kier alpha value is -9.95. The fourth-order valence-corrected chi connectivity index (χ4v) is 11.9. The minimum absolute atomic E-state index is 0. The molecule has 0 saturated carbocycles. The van der Waals surface area contributed by atoms with Gasteiger partial charge in [0.1, 0.15) is 12.1 Å². The van der Waals surface area contributed by atoms with E-state index in [2.05, 4.69) is 450 Å². The van der Waals surface area contributed by atoms with Crippen LogP contribution in [0.5, 0.6) is 0 Å². The molecule has 9 aromatic rings. The molecule has 2 atom stereocenters. The monoisotopic (exact) mass is 1730 g/mol. The van der Waals surface area contributed by atoms with E-state index in [1.54, 1.807) is 0 Å². The van der Waals surface area contributed by atoms with Crippen LogP contribution in [-0.2, 0) is 54.7 Å². The van der Waals surface area contributed by atoms with Gasteiger partial charge in [-0.15, -0.1) is 0 Å². The van der Waals surface area contributed by atoms with Crippen LogP contribution in [0.3, 0.4) is 0 Å². The van der Waals surface area contributed by atoms with Crippen LogP contribution in [0.4, 0.5) is 0 Å². The van der Waals surface area contributed by atoms with E-state index in [4.69, 9.17) is 16.6 Å². The number of carbonyl (C=O) groups is 4. The van der Waals surface area contributed by atoms with Crippen molar-refractivity contribution in [2.24, 2.45) is 32.7 Å². The third kappa shape index (κ3) is 71.2. The average Bonchev–Trinajstić information content (AvgIpc) is 0.864. The zero-order valence-corrected chi connectivity index (χ0v) is 85.7. The van der Waals surface area contributed by atoms with Gasteiger partial charge in [-0.1, -0.05) is 469 Å². The van der Waals surface area contributed by atoms with Crippen LogP contribution in [0.25, 0.3) is 0 Å². The third-order valence-corrected chi connectivity index (χ3v) is 18.0. The molecule has 13 nitrogen and oxygen atoms in total. The van der Waals surface area contributed by atoms with Gasteiger partial charge in [-0.05, 0) is 171 Å². The van der Waals surface area contributed by atoms with E-state index < -0.39 is 29.9 Å². The van der Waals surface area contributed by atoms with Gasteiger partial charge in [-0.2, -0.15) is 0 Å². The largest absolute Gasteiger partial charge is 0.481 e. The van der Waals surface area contributed by atoms with Crippen molar-refractivity contribution in [1.82, 2.24) is 28.3 Å². The first-order chi connectivity index (χ1) is 57.9. The van der Waals surface area contributed by atoms with Crippen LogP contribution in [0.2, 0.25) is 0 Å². The highest BCUT2D eigenvalue weighted by atomic mass is 16.4. The fourth-order valence-electron chi connectivity index (χ4n) is 11.9. The standard InChI is InChI=1S/C15H28N6O5.4C11H16.3C10H14.2C9H12.3C2H6.2H3N/c1-9(13(25)18-7-4-6-12(23)24)20-14(26)11(21-10(2)22)5-3-8-19-15(16)17;1-8(2)11-9(3)6-5-7-10(11)4;3*1-11(2,3)9-10-7-5-4-6-8-10;3*1-10(2,3)9-7-5-4-6-8-9;2*1-8(2)9-6-4-3-5-7-9;3*1-2;;/h9,11H,3-8H2,1-2H3,(H,18,25)(H,20,26)(H,21,22)(H,23,24)(H4,16,17,19);5-8H,1-4H3;3*4-8H,9H2,1-3H3;3*4-8H,1-3H3;2*3-8H,1-2H3;3*1-2H3;2*1H3/t9-,11-;;;;;;;;;;;;;;/m0............../s1. The van der Waals surface area contributed by atoms with Crippen LogP contribution in [0, 0.1) is 30.1 Å². The molecule has 0 aromatic heterocycles. The summed E-state index contributed by atoms with van der Waals surface area (Å²) in [6, 6.07) is 89.4. The Balaban J connectivity index is -0.000000321. The molecule has 0 heterocycles. The second-order valence-electron chi connectivity index (χ2n) is 37.8. The van der Waals surface area contributed by atoms with Crippen molar-refractivity contribution in [3.05, 3.63) is 322 Å². The lowest BCUT2D eigenvalue weighted by molar-refractivity contribution is -0.137. The molecule has 14 N–H and O–H groups in total. The van der Waals surface area contributed by atoms with Crippen LogP contribution < -0.4 is 39.7 Å². The Morgan fingerprint density at radius 1 is 0.365 bits per heavy atom. The maximum atomic E-state index is 12.3. The summed E-state index contributed by atoms with van der Waals surface area (Å²) in [6.45, 7) is 73.4. The van der Waals surface area contributed by atoms with Gasteiger partial charge in [0, 0.05) is 26.4 Å². The van der Waals surface area contributed by atoms with Gasteiger partial charge in [0.15, 0.2) is 5.96 Å². The summed E-state index contributed by atoms with van der Waals surface area (Å²) in [5.41, 5.74) is 28.2. The lowest BCUT2D eigenvalue weighted by Crippen LogP contribution is -2.52. The molecule has 0 aliphatic rings. The molecular formula is C113H182N8O5. The highest BCUT2D eigenvalue weighted by Gasteiger charge is 2.24. The molecule has 0 spiro atoms. The van der Waals surface area contributed by atoms with Crippen LogP contribution in [0.1, 0.15) is 326 Å². The van der Waals surface area contributed by atoms with Gasteiger partial charge >= 0.3 is 5.97 Å². The van der Waals surface area contributed by atoms with Crippen molar-refractivity contribution in [3.8, 4) is 0 Å². The molecule has 0 aliphatic heterocycles. The number of guanidine groups is 1. The number of rotatable bonds is 18. The van der Waals surface area contributed by atoms with Gasteiger partial charge in [0.2, 0.25) is 17.7 Å². The van der Waals surface area contributed by atoms with Gasteiger partial charge in [-0.3, -0.25) is 24.2 Å². The average molecular weight is 1730 g/mol. The number of aliphatic carboxylic acids is 1. The van der Waals surface area contributed by atoms with Gasteiger partial charge < -0.3 is 44.8 Å². The topological polar surface area (TPSA) is 259 Å². The summed E-state index contributed by atoms with van der Waals surface area (Å²) >= 11 is 0. The number of hydrogen-bond acceptors (Lipinski definition) is 7. The van der Waals surface area contributed by atoms with E-state index in [-0.39, 0.29) is 37.1 Å². The molecule has 0 bridgehead atoms. The predicted molar refractivity (Wildman–Crippen MR) is 554 cm³/mol. The molecule has 0 aliphatic carbocycles. The fraction of sp³-hybridized carbons (Fsp3) is 0.478. The Labute approximate surface area is 771 Å². The number of nitrogens with zero attached hydrogens (tertiary/aromatic N) is 1. The summed E-state index contributed by atoms with van der Waals surface area (Å²) < 4.78 is 0. The summed E-state index contributed by atoms with van der Waals surface area (Å²) in [7, 11) is 0. The summed E-state index contributed by atoms with van der Waals surface area (Å²) in [6.07, 6.45) is 4.49. The first kappa shape index (κ1) is 127. The zero-order valence-electron chi connectivity index (χ0n) is 85.7. The summed E-state index contributed by atoms with van der Waals surface area (Å²) in [4.78, 5) is 49.6. The number of carboxylic acid groups (broad SMARTS) is 1. The van der Waals surface area contributed by atoms with Crippen molar-refractivity contribution in [2.75, 3.05) is 13.1 Å². The number of aryl methyl sites for hydroxylation is 2. The maximum Gasteiger partial charge on any atom is 0.303 e. The minimum atomic E-state index is -0.945. The highest BCUT2D eigenvalue weighted by Crippen LogP contribution is 2.26. The second-order valence-corrected chi connectivity index (χ2v) is 37.8. The van der Waals surface area contributed by atoms with Crippen molar-refractivity contribution >= 4 is 29.7 Å². The minimum Gasteiger partial charge on any atom is -0.481 e. The number of hydrogen-bond donors (Lipinski definition) is 8. The van der Waals surface area contributed by atoms with Crippen LogP contribution >= 0.6 is 0 Å². The van der Waals surface area contributed by atoms with Crippen molar-refractivity contribution in [1.29, 1.82) is 0 Å². The lowest BCUT2D eigenvalue weighted by atomic mass is 9.87. The van der Waals surface area contributed by atoms with Crippen molar-refractivity contribution in [2.45, 2.75) is 326 Å². The van der Waals surface area contributed by atoms with E-state index >= 15 is 0 Å². The van der Waals surface area contributed by atoms with Crippen LogP contribution in [0.15, 0.2) is 266 Å². The van der Waals surface area contributed by atoms with Crippen LogP contribution in [-0.4, -0.2) is 59.9 Å². The molecule has 3 amide bonds. The summed E-state index contributed by atoms with van der Waals surface area (Å²) in [5.74, 6) is -0.353. The number of carboxylic acids is 1. The van der Waals surface area contributed by atoms with E-state index in [1.165, 1.54) is 75.0 Å². The van der Waals surface area contributed by atoms with E-state index in [0.29, 0.717) is 76.1 Å². The Morgan fingerprint density at radius 2 is 0.635 bits per heavy atom. The summed E-state index contributed by atoms with van der Waals surface area (Å²) in [5, 5.41) is 16.1. The molecule has 704 valence electrons. The van der Waals surface area contributed by atoms with Gasteiger partial charge in [-0.25, -0.2) is 0 Å². The maximum absolute atomic E-state index is 12.3. The molecule has 9 aromatic carbocycles. The molecule has 0 unspecified atom stereocenters. The third-order valence-electron chi connectivity index (χ3n) is 18.0. The molecule has 0 fully saturated rings. The van der Waals surface area contributed by atoms with Crippen molar-refractivity contribution < 1.29 is 24.3 Å². The highest BCUT2D eigenvalue weighted by molar-refractivity contribution is 5.91. The Kier molecular flexibility index (Phi) is 71.6. The molecule has 9 rings (SSSR count). The zero-order chi connectivity index (χ0) is 95.7. The number of amides is 3. The number of nitrogens with one attached hydrogen (secondary N) is 3. The second kappa shape index (κ2) is 71.1. The molecular weight excluding hydrogens is 1550 g/mol. The first-order valence-electron chi connectivity index (χ1n) is 45.5. The first-order valence-corrected chi connectivity index (χ1v) is 45.5. The quantitative estimate of drug-likeness (QED) is 0.0230. The number of carbonyl (C=O) groups excluding carboxylic acids is 3. The van der Waals surface area contributed by atoms with E-state index in [0.717, 1.165) is 19.3 Å². The Bertz CT molecular complexity index is 3790. The Morgan fingerprint density at radius 3 is 0.841 bits per heavy atom. The van der Waals surface area contributed by atoms with Gasteiger partial charge in [0.05, 0.1) is 0 Å². The smallest absolute Gasteiger partial charge is 0.303 e. The number of nitrogens with two attached hydrogens (primary N) is 2. The normalized spacial score (nSPS) is 10.8. The van der Waals surface area contributed by atoms with E-state index in [9.17, 15) is 19.2 Å². The van der Waals surface area contributed by atoms with E-state index in [1.807, 2.05) is 53.7 Å². The van der Waals surface area contributed by atoms with Crippen molar-refractivity contribution in [3.63, 3.8) is 0 Å². The number of benzene rings is 9. The molecule has 13 heteroatoms. The predicted octanol–water partition coefficient (Wildman–Crippen LogP) is 29.3. The molecule has 0 radical (unpaired) electrons. The molecule has 0 saturated heterocycles. The SMILES string of the molecule is CC.CC.CC.CC(=O)N[C@@H](CCCN=C(N)N)C(=O)N[C@@H](C)C(=O)NCCCC(=O)O.CC(C)(C)Cc1ccccc1.CC(C)(C)Cc1ccccc1.CC(C)(C)Cc1ccccc1.CC(C)(C)c1ccccc1.CC(C)(C)c1ccccc1.CC(C)(C)c1ccccc1.CC(C)c1ccccc1.CC(C)c1ccccc1.Cc1cccc(C)c1C(C)C.N.N. The lowest BCUT2D eigenvalue weighted by Gasteiger charge is -2.20. The molecule has 126 heavy (non-hydrogen) atoms. The van der Waals surface area contributed by atoms with Gasteiger partial charge in [0.25, 0.3) is 0 Å².